The van der Waals surface area contributed by atoms with Crippen LogP contribution in [0, 0.1) is 27.7 Å². The lowest BCUT2D eigenvalue weighted by atomic mass is 9.98. The molecule has 0 unspecified atom stereocenters. The Balaban J connectivity index is 1.37. The molecule has 0 spiro atoms. The number of carbonyl (C=O) groups excluding carboxylic acids is 1. The Morgan fingerprint density at radius 2 is 1.61 bits per heavy atom. The normalized spacial score (nSPS) is 14.4. The predicted molar refractivity (Wildman–Crippen MR) is 250 cm³/mol. The average molecular weight is 903 g/mol. The number of rotatable bonds is 17. The second-order valence-electron chi connectivity index (χ2n) is 17.6. The Bertz CT molecular complexity index is 2670. The number of aromatic carboxylic acids is 1. The molecule has 1 aliphatic rings. The van der Waals surface area contributed by atoms with E-state index in [-0.39, 0.29) is 24.2 Å². The van der Waals surface area contributed by atoms with Crippen LogP contribution in [0.25, 0.3) is 32.9 Å². The van der Waals surface area contributed by atoms with Gasteiger partial charge in [-0.25, -0.2) is 9.48 Å². The van der Waals surface area contributed by atoms with Crippen molar-refractivity contribution in [1.82, 2.24) is 18.9 Å². The number of amides is 1. The van der Waals surface area contributed by atoms with Crippen LogP contribution in [0.4, 0.5) is 5.69 Å². The van der Waals surface area contributed by atoms with Gasteiger partial charge in [0.25, 0.3) is 5.91 Å². The van der Waals surface area contributed by atoms with Crippen LogP contribution in [0.5, 0.6) is 11.5 Å². The third-order valence-corrected chi connectivity index (χ3v) is 14.4. The maximum absolute atomic E-state index is 15.5. The topological polar surface area (TPSA) is 122 Å². The number of aryl methyl sites for hydroxylation is 5. The Kier molecular flexibility index (Phi) is 13.2. The van der Waals surface area contributed by atoms with Crippen LogP contribution >= 0.6 is 23.2 Å². The summed E-state index contributed by atoms with van der Waals surface area (Å²) < 4.78 is 29.4. The Morgan fingerprint density at radius 3 is 2.29 bits per heavy atom. The quantitative estimate of drug-likeness (QED) is 0.0709. The van der Waals surface area contributed by atoms with Crippen molar-refractivity contribution in [1.29, 1.82) is 0 Å². The minimum absolute atomic E-state index is 0.0979. The number of halogens is 2. The summed E-state index contributed by atoms with van der Waals surface area (Å²) >= 11 is 13.7. The molecule has 0 saturated heterocycles. The summed E-state index contributed by atoms with van der Waals surface area (Å²) in [4.78, 5) is 29.6. The lowest BCUT2D eigenvalue weighted by Gasteiger charge is -2.35. The standard InChI is InChI=1S/C47H57Cl2N5O7Si/c1-27-20-33(21-28(2)42(27)49)60-15-11-12-35-36-13-14-37(48)41(40-30(4)50-53(31(40)5)26-59-18-19-62(8,9)10)44(36)54-29(3)25-52(46(55)45(35)54)38-24-34(61-17-16-58-7)22-32-23-39(47(56)57)51(6)43(32)38/h13-14,20-24,29H,11-12,15-19,25-26H2,1-10H3,(H,56,57)/t29-/m1/s1. The molecule has 1 aliphatic heterocycles. The predicted octanol–water partition coefficient (Wildman–Crippen LogP) is 10.8. The van der Waals surface area contributed by atoms with Gasteiger partial charge in [-0.15, -0.1) is 0 Å². The Hall–Kier alpha value is -4.79. The molecular formula is C47H57Cl2N5O7Si. The number of hydrogen-bond donors (Lipinski definition) is 1. The van der Waals surface area contributed by atoms with Gasteiger partial charge in [-0.1, -0.05) is 48.9 Å². The third-order valence-electron chi connectivity index (χ3n) is 11.8. The van der Waals surface area contributed by atoms with Gasteiger partial charge >= 0.3 is 5.97 Å². The van der Waals surface area contributed by atoms with Crippen molar-refractivity contribution >= 4 is 70.6 Å². The number of nitrogens with zero attached hydrogens (tertiary/aromatic N) is 5. The van der Waals surface area contributed by atoms with Gasteiger partial charge in [0.05, 0.1) is 40.7 Å². The molecule has 1 N–H and O–H groups in total. The highest BCUT2D eigenvalue weighted by Gasteiger charge is 2.38. The highest BCUT2D eigenvalue weighted by atomic mass is 35.5. The van der Waals surface area contributed by atoms with Crippen molar-refractivity contribution in [3.8, 4) is 22.6 Å². The van der Waals surface area contributed by atoms with Crippen molar-refractivity contribution in [2.45, 2.75) is 85.9 Å². The highest BCUT2D eigenvalue weighted by molar-refractivity contribution is 6.76. The summed E-state index contributed by atoms with van der Waals surface area (Å²) in [5.41, 5.74) is 8.92. The molecule has 62 heavy (non-hydrogen) atoms. The van der Waals surface area contributed by atoms with Gasteiger partial charge in [-0.2, -0.15) is 5.10 Å². The molecule has 6 aromatic rings. The molecule has 0 bridgehead atoms. The van der Waals surface area contributed by atoms with Gasteiger partial charge < -0.3 is 38.1 Å². The lowest BCUT2D eigenvalue weighted by Crippen LogP contribution is -2.43. The summed E-state index contributed by atoms with van der Waals surface area (Å²) in [5.74, 6) is -0.0370. The number of anilines is 1. The van der Waals surface area contributed by atoms with Crippen molar-refractivity contribution in [2.75, 3.05) is 45.0 Å². The van der Waals surface area contributed by atoms with Crippen molar-refractivity contribution in [3.05, 3.63) is 92.0 Å². The highest BCUT2D eigenvalue weighted by Crippen LogP contribution is 2.46. The number of methoxy groups -OCH3 is 1. The molecule has 0 fully saturated rings. The number of carbonyl (C=O) groups is 2. The van der Waals surface area contributed by atoms with Crippen molar-refractivity contribution in [3.63, 3.8) is 0 Å². The molecule has 330 valence electrons. The third kappa shape index (κ3) is 8.74. The van der Waals surface area contributed by atoms with E-state index in [2.05, 4.69) is 31.1 Å². The van der Waals surface area contributed by atoms with Gasteiger partial charge in [0.1, 0.15) is 36.2 Å². The molecule has 0 saturated carbocycles. The van der Waals surface area contributed by atoms with Crippen LogP contribution in [-0.2, 0) is 29.7 Å². The van der Waals surface area contributed by atoms with Crippen LogP contribution in [0.15, 0.2) is 42.5 Å². The van der Waals surface area contributed by atoms with Crippen molar-refractivity contribution in [2.24, 2.45) is 7.05 Å². The number of fused-ring (bicyclic) bond motifs is 4. The summed E-state index contributed by atoms with van der Waals surface area (Å²) in [6, 6.07) is 13.9. The van der Waals surface area contributed by atoms with E-state index in [1.165, 1.54) is 0 Å². The molecule has 1 atom stereocenters. The molecule has 3 aromatic carbocycles. The summed E-state index contributed by atoms with van der Waals surface area (Å²) in [6.45, 7) is 19.4. The van der Waals surface area contributed by atoms with E-state index in [9.17, 15) is 9.90 Å². The van der Waals surface area contributed by atoms with E-state index >= 15 is 4.79 Å². The molecule has 0 radical (unpaired) electrons. The lowest BCUT2D eigenvalue weighted by molar-refractivity contribution is 0.0686. The van der Waals surface area contributed by atoms with Crippen LogP contribution in [0.2, 0.25) is 35.7 Å². The van der Waals surface area contributed by atoms with Crippen LogP contribution in [0.1, 0.15) is 68.4 Å². The fraction of sp³-hybridized carbons (Fsp3) is 0.426. The Labute approximate surface area is 374 Å². The van der Waals surface area contributed by atoms with E-state index in [4.69, 9.17) is 47.2 Å². The zero-order valence-electron chi connectivity index (χ0n) is 37.4. The zero-order chi connectivity index (χ0) is 44.8. The van der Waals surface area contributed by atoms with Gasteiger partial charge in [0.2, 0.25) is 0 Å². The molecule has 7 rings (SSSR count). The molecule has 12 nitrogen and oxygen atoms in total. The fourth-order valence-electron chi connectivity index (χ4n) is 8.71. The summed E-state index contributed by atoms with van der Waals surface area (Å²) in [5, 5.41) is 17.9. The first-order valence-electron chi connectivity index (χ1n) is 21.1. The van der Waals surface area contributed by atoms with E-state index in [1.54, 1.807) is 35.8 Å². The zero-order valence-corrected chi connectivity index (χ0v) is 39.9. The van der Waals surface area contributed by atoms with Crippen LogP contribution in [-0.4, -0.2) is 84.1 Å². The van der Waals surface area contributed by atoms with E-state index in [0.717, 1.165) is 66.9 Å². The summed E-state index contributed by atoms with van der Waals surface area (Å²) in [7, 11) is 2.03. The molecular weight excluding hydrogens is 846 g/mol. The minimum Gasteiger partial charge on any atom is -0.494 e. The first-order valence-corrected chi connectivity index (χ1v) is 25.5. The number of aromatic nitrogens is 4. The average Bonchev–Trinajstić information content (AvgIpc) is 3.83. The van der Waals surface area contributed by atoms with Gasteiger partial charge in [-0.05, 0) is 101 Å². The first-order chi connectivity index (χ1) is 29.4. The number of carboxylic acids is 1. The monoisotopic (exact) mass is 901 g/mol. The SMILES string of the molecule is COCCOc1cc(N2C[C@@H](C)n3c(c(CCCOc4cc(C)c(Cl)c(C)c4)c4ccc(Cl)c(-c5c(C)nn(COCC[Si](C)(C)C)c5C)c43)C2=O)c2c(c1)cc(C(=O)O)n2C. The van der Waals surface area contributed by atoms with E-state index < -0.39 is 14.0 Å². The van der Waals surface area contributed by atoms with E-state index in [1.807, 2.05) is 62.7 Å². The van der Waals surface area contributed by atoms with Crippen LogP contribution in [0.3, 0.4) is 0 Å². The van der Waals surface area contributed by atoms with Crippen LogP contribution < -0.4 is 14.4 Å². The molecule has 4 heterocycles. The van der Waals surface area contributed by atoms with Gasteiger partial charge in [-0.3, -0.25) is 4.79 Å². The maximum Gasteiger partial charge on any atom is 0.352 e. The molecule has 0 aliphatic carbocycles. The second kappa shape index (κ2) is 18.1. The number of ether oxygens (including phenoxy) is 4. The molecule has 1 amide bonds. The second-order valence-corrected chi connectivity index (χ2v) is 24.0. The number of hydrogen-bond acceptors (Lipinski definition) is 7. The minimum atomic E-state index is -1.28. The van der Waals surface area contributed by atoms with Crippen molar-refractivity contribution < 1.29 is 33.6 Å². The fourth-order valence-corrected chi connectivity index (χ4v) is 9.82. The largest absolute Gasteiger partial charge is 0.494 e. The van der Waals surface area contributed by atoms with Gasteiger partial charge in [0.15, 0.2) is 0 Å². The smallest absolute Gasteiger partial charge is 0.352 e. The molecule has 15 heteroatoms. The number of carboxylic acid groups (broad SMARTS) is 1. The first kappa shape index (κ1) is 45.2. The maximum atomic E-state index is 15.5. The Morgan fingerprint density at radius 1 is 0.919 bits per heavy atom. The molecule has 3 aromatic heterocycles. The number of benzene rings is 3. The van der Waals surface area contributed by atoms with Gasteiger partial charge in [0, 0.05) is 80.1 Å². The summed E-state index contributed by atoms with van der Waals surface area (Å²) in [6.07, 6.45) is 1.15. The van der Waals surface area contributed by atoms with E-state index in [0.29, 0.717) is 79.0 Å².